The van der Waals surface area contributed by atoms with E-state index in [2.05, 4.69) is 12.5 Å². The summed E-state index contributed by atoms with van der Waals surface area (Å²) in [5, 5.41) is 17.9. The highest BCUT2D eigenvalue weighted by molar-refractivity contribution is 8.32. The third kappa shape index (κ3) is 3.08. The van der Waals surface area contributed by atoms with Gasteiger partial charge in [0.1, 0.15) is 0 Å². The molecule has 0 radical (unpaired) electrons. The maximum absolute atomic E-state index is 10.9. The molecule has 0 amide bonds. The lowest BCUT2D eigenvalue weighted by Gasteiger charge is -2.32. The number of carboxylic acid groups (broad SMARTS) is 2. The van der Waals surface area contributed by atoms with Crippen LogP contribution in [0.1, 0.15) is 20.7 Å². The van der Waals surface area contributed by atoms with E-state index in [0.29, 0.717) is 0 Å². The van der Waals surface area contributed by atoms with Crippen LogP contribution in [0.3, 0.4) is 0 Å². The first-order chi connectivity index (χ1) is 9.82. The van der Waals surface area contributed by atoms with E-state index in [0.717, 1.165) is 9.79 Å². The van der Waals surface area contributed by atoms with Crippen molar-refractivity contribution in [1.29, 1.82) is 0 Å². The van der Waals surface area contributed by atoms with Gasteiger partial charge in [-0.1, -0.05) is 0 Å². The summed E-state index contributed by atoms with van der Waals surface area (Å²) in [6.07, 6.45) is 4.19. The minimum atomic E-state index is -1.31. The summed E-state index contributed by atoms with van der Waals surface area (Å²) in [6, 6.07) is 13.7. The zero-order chi connectivity index (χ0) is 15.6. The van der Waals surface area contributed by atoms with Gasteiger partial charge in [-0.25, -0.2) is 9.59 Å². The van der Waals surface area contributed by atoms with Crippen LogP contribution in [0.15, 0.2) is 58.3 Å². The lowest BCUT2D eigenvalue weighted by Crippen LogP contribution is -2.01. The van der Waals surface area contributed by atoms with Crippen LogP contribution in [0.25, 0.3) is 0 Å². The van der Waals surface area contributed by atoms with Gasteiger partial charge >= 0.3 is 11.9 Å². The molecule has 0 saturated heterocycles. The third-order valence-corrected chi connectivity index (χ3v) is 6.28. The first kappa shape index (κ1) is 15.1. The van der Waals surface area contributed by atoms with Crippen molar-refractivity contribution in [3.05, 3.63) is 59.7 Å². The van der Waals surface area contributed by atoms with E-state index in [1.165, 1.54) is 0 Å². The third-order valence-electron chi connectivity index (χ3n) is 3.38. The number of hydrogen-bond acceptors (Lipinski definition) is 2. The molecule has 4 nitrogen and oxygen atoms in total. The van der Waals surface area contributed by atoms with Gasteiger partial charge in [-0.2, -0.15) is 10.0 Å². The normalized spacial score (nSPS) is 11.9. The molecule has 5 heteroatoms. The average Bonchev–Trinajstić information content (AvgIpc) is 2.47. The Morgan fingerprint density at radius 2 is 1.00 bits per heavy atom. The zero-order valence-corrected chi connectivity index (χ0v) is 12.6. The van der Waals surface area contributed by atoms with Crippen LogP contribution < -0.4 is 0 Å². The van der Waals surface area contributed by atoms with Crippen LogP contribution in [-0.2, 0) is 0 Å². The molecule has 0 bridgehead atoms. The molecule has 0 spiro atoms. The molecule has 0 aliphatic heterocycles. The molecule has 2 N–H and O–H groups in total. The highest BCUT2D eigenvalue weighted by Crippen LogP contribution is 2.56. The van der Waals surface area contributed by atoms with Gasteiger partial charge in [0, 0.05) is 0 Å². The molecule has 0 aromatic heterocycles. The summed E-state index contributed by atoms with van der Waals surface area (Å²) in [5.41, 5.74) is 0.519. The largest absolute Gasteiger partial charge is 0.478 e. The van der Waals surface area contributed by atoms with E-state index in [-0.39, 0.29) is 11.1 Å². The van der Waals surface area contributed by atoms with Gasteiger partial charge in [-0.3, -0.25) is 0 Å². The van der Waals surface area contributed by atoms with Crippen LogP contribution >= 0.6 is 10.0 Å². The second-order valence-electron chi connectivity index (χ2n) is 4.99. The van der Waals surface area contributed by atoms with Gasteiger partial charge in [0.25, 0.3) is 0 Å². The summed E-state index contributed by atoms with van der Waals surface area (Å²) in [7, 11) is -1.31. The van der Waals surface area contributed by atoms with E-state index in [1.54, 1.807) is 24.3 Å². The molecular weight excluding hydrogens is 288 g/mol. The van der Waals surface area contributed by atoms with Gasteiger partial charge in [0.05, 0.1) is 11.1 Å². The lowest BCUT2D eigenvalue weighted by atomic mass is 10.2. The number of rotatable bonds is 4. The monoisotopic (exact) mass is 304 g/mol. The molecular formula is C16H16O4S. The van der Waals surface area contributed by atoms with E-state index in [1.807, 2.05) is 24.3 Å². The zero-order valence-electron chi connectivity index (χ0n) is 11.7. The molecule has 0 aliphatic carbocycles. The molecule has 2 aromatic carbocycles. The molecule has 2 aromatic rings. The molecule has 2 rings (SSSR count). The fraction of sp³-hybridized carbons (Fsp3) is 0.125. The number of hydrogen-bond donors (Lipinski definition) is 2. The first-order valence-electron chi connectivity index (χ1n) is 6.22. The molecule has 21 heavy (non-hydrogen) atoms. The SMILES string of the molecule is CS(C)(c1ccc(C(=O)O)cc1)c1ccc(C(=O)O)cc1. The molecule has 0 aliphatic rings. The van der Waals surface area contributed by atoms with Crippen molar-refractivity contribution < 1.29 is 19.8 Å². The Labute approximate surface area is 124 Å². The Morgan fingerprint density at radius 3 is 1.24 bits per heavy atom. The highest BCUT2D eigenvalue weighted by Gasteiger charge is 2.18. The standard InChI is InChI=1S/C16H16O4S/c1-21(2,13-7-3-11(4-8-13)15(17)18)14-9-5-12(6-10-14)16(19)20/h3-10H,1-2H3,(H,17,18)(H,19,20). The average molecular weight is 304 g/mol. The number of carboxylic acids is 2. The van der Waals surface area contributed by atoms with Gasteiger partial charge in [-0.05, 0) is 70.8 Å². The van der Waals surface area contributed by atoms with Crippen molar-refractivity contribution in [3.8, 4) is 0 Å². The van der Waals surface area contributed by atoms with E-state index < -0.39 is 22.0 Å². The Morgan fingerprint density at radius 1 is 0.714 bits per heavy atom. The predicted molar refractivity (Wildman–Crippen MR) is 82.8 cm³/mol. The van der Waals surface area contributed by atoms with Crippen molar-refractivity contribution >= 4 is 22.0 Å². The van der Waals surface area contributed by atoms with Crippen molar-refractivity contribution in [2.45, 2.75) is 9.79 Å². The minimum absolute atomic E-state index is 0.259. The van der Waals surface area contributed by atoms with Crippen LogP contribution in [0.5, 0.6) is 0 Å². The van der Waals surface area contributed by atoms with E-state index >= 15 is 0 Å². The summed E-state index contributed by atoms with van der Waals surface area (Å²) >= 11 is 0. The molecule has 0 atom stereocenters. The lowest BCUT2D eigenvalue weighted by molar-refractivity contribution is 0.0686. The second kappa shape index (κ2) is 5.61. The minimum Gasteiger partial charge on any atom is -0.478 e. The number of aromatic carboxylic acids is 2. The van der Waals surface area contributed by atoms with Crippen molar-refractivity contribution in [2.75, 3.05) is 12.5 Å². The summed E-state index contributed by atoms with van der Waals surface area (Å²) in [5.74, 6) is -1.89. The maximum atomic E-state index is 10.9. The second-order valence-corrected chi connectivity index (χ2v) is 8.58. The van der Waals surface area contributed by atoms with Gasteiger partial charge < -0.3 is 10.2 Å². The summed E-state index contributed by atoms with van der Waals surface area (Å²) < 4.78 is 0. The Hall–Kier alpha value is -2.27. The molecule has 0 fully saturated rings. The maximum Gasteiger partial charge on any atom is 0.335 e. The van der Waals surface area contributed by atoms with Crippen molar-refractivity contribution in [3.63, 3.8) is 0 Å². The van der Waals surface area contributed by atoms with Crippen LogP contribution in [0.2, 0.25) is 0 Å². The van der Waals surface area contributed by atoms with Crippen LogP contribution in [0, 0.1) is 0 Å². The smallest absolute Gasteiger partial charge is 0.335 e. The van der Waals surface area contributed by atoms with Gasteiger partial charge in [-0.15, -0.1) is 0 Å². The summed E-state index contributed by atoms with van der Waals surface area (Å²) in [6.45, 7) is 0. The van der Waals surface area contributed by atoms with E-state index in [9.17, 15) is 9.59 Å². The Kier molecular flexibility index (Phi) is 4.04. The first-order valence-corrected chi connectivity index (χ1v) is 8.67. The fourth-order valence-electron chi connectivity index (χ4n) is 2.01. The molecule has 110 valence electrons. The predicted octanol–water partition coefficient (Wildman–Crippen LogP) is 3.57. The Bertz CT molecular complexity index is 613. The van der Waals surface area contributed by atoms with Crippen molar-refractivity contribution in [2.24, 2.45) is 0 Å². The topological polar surface area (TPSA) is 74.6 Å². The molecule has 0 saturated carbocycles. The van der Waals surface area contributed by atoms with E-state index in [4.69, 9.17) is 10.2 Å². The van der Waals surface area contributed by atoms with Crippen LogP contribution in [0.4, 0.5) is 0 Å². The fourth-order valence-corrected chi connectivity index (χ4v) is 3.92. The molecule has 0 heterocycles. The van der Waals surface area contributed by atoms with Crippen LogP contribution in [-0.4, -0.2) is 34.7 Å². The number of carbonyl (C=O) groups is 2. The van der Waals surface area contributed by atoms with Crippen molar-refractivity contribution in [1.82, 2.24) is 0 Å². The number of benzene rings is 2. The highest BCUT2D eigenvalue weighted by atomic mass is 32.3. The summed E-state index contributed by atoms with van der Waals surface area (Å²) in [4.78, 5) is 23.9. The molecule has 0 unspecified atom stereocenters. The van der Waals surface area contributed by atoms with Gasteiger partial charge in [0.2, 0.25) is 0 Å². The quantitative estimate of drug-likeness (QED) is 0.905. The van der Waals surface area contributed by atoms with Gasteiger partial charge in [0.15, 0.2) is 0 Å². The Balaban J connectivity index is 2.36.